The van der Waals surface area contributed by atoms with Crippen LogP contribution in [0.4, 0.5) is 0 Å². The van der Waals surface area contributed by atoms with Crippen molar-refractivity contribution in [3.63, 3.8) is 0 Å². The van der Waals surface area contributed by atoms with Crippen LogP contribution in [0.5, 0.6) is 0 Å². The number of hydrogen-bond acceptors (Lipinski definition) is 3. The van der Waals surface area contributed by atoms with Gasteiger partial charge in [-0.1, -0.05) is 27.7 Å². The van der Waals surface area contributed by atoms with Gasteiger partial charge in [0.1, 0.15) is 6.10 Å². The quantitative estimate of drug-likeness (QED) is 0.825. The Morgan fingerprint density at radius 2 is 2.06 bits per heavy atom. The van der Waals surface area contributed by atoms with Crippen LogP contribution in [-0.4, -0.2) is 30.7 Å². The largest absolute Gasteiger partial charge is 0.364 e. The van der Waals surface area contributed by atoms with E-state index in [0.717, 1.165) is 19.3 Å². The van der Waals surface area contributed by atoms with Gasteiger partial charge >= 0.3 is 0 Å². The number of carbonyl (C=O) groups excluding carboxylic acids is 1. The second kappa shape index (κ2) is 7.31. The SMILES string of the molecule is CCC(NC(=O)[C@@H]1CC[C@H](CN)O1)C(C)(C)C.Cl. The predicted molar refractivity (Wildman–Crippen MR) is 75.9 cm³/mol. The fourth-order valence-corrected chi connectivity index (χ4v) is 2.27. The number of hydrogen-bond donors (Lipinski definition) is 2. The molecule has 3 atom stereocenters. The van der Waals surface area contributed by atoms with E-state index in [0.29, 0.717) is 6.54 Å². The Hall–Kier alpha value is -0.320. The van der Waals surface area contributed by atoms with E-state index in [-0.39, 0.29) is 42.0 Å². The van der Waals surface area contributed by atoms with Crippen LogP contribution in [0.1, 0.15) is 47.0 Å². The average Bonchev–Trinajstić information content (AvgIpc) is 2.72. The normalized spacial score (nSPS) is 25.4. The number of nitrogens with two attached hydrogens (primary N) is 1. The van der Waals surface area contributed by atoms with Crippen LogP contribution >= 0.6 is 12.4 Å². The first-order valence-electron chi connectivity index (χ1n) is 6.54. The van der Waals surface area contributed by atoms with Crippen molar-refractivity contribution in [3.05, 3.63) is 0 Å². The molecule has 0 aromatic heterocycles. The van der Waals surface area contributed by atoms with E-state index in [1.54, 1.807) is 0 Å². The highest BCUT2D eigenvalue weighted by molar-refractivity contribution is 5.85. The van der Waals surface area contributed by atoms with Gasteiger partial charge in [0.05, 0.1) is 6.10 Å². The molecule has 0 saturated carbocycles. The Labute approximate surface area is 116 Å². The summed E-state index contributed by atoms with van der Waals surface area (Å²) in [5.74, 6) is 0.0164. The number of nitrogens with one attached hydrogen (secondary N) is 1. The minimum atomic E-state index is -0.306. The Kier molecular flexibility index (Phi) is 7.18. The van der Waals surface area contributed by atoms with Crippen LogP contribution in [0.25, 0.3) is 0 Å². The van der Waals surface area contributed by atoms with Crippen LogP contribution in [0.3, 0.4) is 0 Å². The Balaban J connectivity index is 0.00000289. The summed E-state index contributed by atoms with van der Waals surface area (Å²) < 4.78 is 5.59. The van der Waals surface area contributed by atoms with Gasteiger partial charge in [0, 0.05) is 12.6 Å². The zero-order chi connectivity index (χ0) is 13.1. The highest BCUT2D eigenvalue weighted by Gasteiger charge is 2.32. The van der Waals surface area contributed by atoms with Gasteiger partial charge in [0.2, 0.25) is 5.91 Å². The predicted octanol–water partition coefficient (Wildman–Crippen LogP) is 1.86. The number of carbonyl (C=O) groups is 1. The lowest BCUT2D eigenvalue weighted by Crippen LogP contribution is -2.47. The first-order chi connectivity index (χ1) is 7.88. The third-order valence-electron chi connectivity index (χ3n) is 3.43. The summed E-state index contributed by atoms with van der Waals surface area (Å²) in [5, 5.41) is 3.09. The average molecular weight is 279 g/mol. The van der Waals surface area contributed by atoms with E-state index >= 15 is 0 Å². The topological polar surface area (TPSA) is 64.4 Å². The molecule has 0 aromatic carbocycles. The van der Waals surface area contributed by atoms with E-state index in [1.165, 1.54) is 0 Å². The molecule has 1 heterocycles. The lowest BCUT2D eigenvalue weighted by Gasteiger charge is -2.31. The van der Waals surface area contributed by atoms with Crippen molar-refractivity contribution >= 4 is 18.3 Å². The minimum Gasteiger partial charge on any atom is -0.364 e. The number of halogens is 1. The molecule has 1 unspecified atom stereocenters. The zero-order valence-corrected chi connectivity index (χ0v) is 12.7. The molecule has 18 heavy (non-hydrogen) atoms. The highest BCUT2D eigenvalue weighted by Crippen LogP contribution is 2.23. The smallest absolute Gasteiger partial charge is 0.249 e. The Morgan fingerprint density at radius 1 is 1.44 bits per heavy atom. The summed E-state index contributed by atoms with van der Waals surface area (Å²) in [6, 6.07) is 0.190. The van der Waals surface area contributed by atoms with Crippen LogP contribution in [0.15, 0.2) is 0 Å². The summed E-state index contributed by atoms with van der Waals surface area (Å²) in [4.78, 5) is 12.0. The second-order valence-electron chi connectivity index (χ2n) is 5.90. The number of ether oxygens (including phenoxy) is 1. The molecule has 4 nitrogen and oxygen atoms in total. The van der Waals surface area contributed by atoms with Crippen molar-refractivity contribution in [1.29, 1.82) is 0 Å². The van der Waals surface area contributed by atoms with Gasteiger partial charge in [-0.05, 0) is 24.7 Å². The summed E-state index contributed by atoms with van der Waals surface area (Å²) in [5.41, 5.74) is 5.62. The molecule has 0 aliphatic carbocycles. The monoisotopic (exact) mass is 278 g/mol. The Morgan fingerprint density at radius 3 is 2.44 bits per heavy atom. The summed E-state index contributed by atoms with van der Waals surface area (Å²) in [6.45, 7) is 9.01. The van der Waals surface area contributed by atoms with E-state index in [1.807, 2.05) is 0 Å². The first-order valence-corrected chi connectivity index (χ1v) is 6.54. The van der Waals surface area contributed by atoms with Crippen molar-refractivity contribution in [1.82, 2.24) is 5.32 Å². The van der Waals surface area contributed by atoms with Gasteiger partial charge in [-0.25, -0.2) is 0 Å². The standard InChI is InChI=1S/C13H26N2O2.ClH/c1-5-11(13(2,3)4)15-12(16)10-7-6-9(8-14)17-10;/h9-11H,5-8,14H2,1-4H3,(H,15,16);1H/t9-,10+,11?;/m1./s1. The molecule has 1 aliphatic rings. The van der Waals surface area contributed by atoms with Crippen molar-refractivity contribution in [2.24, 2.45) is 11.1 Å². The van der Waals surface area contributed by atoms with Gasteiger partial charge in [0.15, 0.2) is 0 Å². The van der Waals surface area contributed by atoms with E-state index in [2.05, 4.69) is 33.0 Å². The summed E-state index contributed by atoms with van der Waals surface area (Å²) in [7, 11) is 0. The molecule has 3 N–H and O–H groups in total. The van der Waals surface area contributed by atoms with Crippen LogP contribution in [0, 0.1) is 5.41 Å². The van der Waals surface area contributed by atoms with Crippen molar-refractivity contribution < 1.29 is 9.53 Å². The van der Waals surface area contributed by atoms with Crippen LogP contribution in [0.2, 0.25) is 0 Å². The van der Waals surface area contributed by atoms with Gasteiger partial charge in [-0.3, -0.25) is 4.79 Å². The summed E-state index contributed by atoms with van der Waals surface area (Å²) >= 11 is 0. The molecule has 0 bridgehead atoms. The molecule has 1 rings (SSSR count). The maximum atomic E-state index is 12.0. The lowest BCUT2D eigenvalue weighted by atomic mass is 9.85. The molecule has 0 spiro atoms. The fraction of sp³-hybridized carbons (Fsp3) is 0.923. The third-order valence-corrected chi connectivity index (χ3v) is 3.43. The summed E-state index contributed by atoms with van der Waals surface area (Å²) in [6.07, 6.45) is 2.36. The molecule has 1 saturated heterocycles. The van der Waals surface area contributed by atoms with Crippen LogP contribution in [-0.2, 0) is 9.53 Å². The van der Waals surface area contributed by atoms with Crippen molar-refractivity contribution in [2.75, 3.05) is 6.54 Å². The Bertz CT molecular complexity index is 266. The van der Waals surface area contributed by atoms with Gasteiger partial charge in [-0.2, -0.15) is 0 Å². The molecule has 0 radical (unpaired) electrons. The molecular formula is C13H27ClN2O2. The first kappa shape index (κ1) is 17.7. The van der Waals surface area contributed by atoms with Crippen molar-refractivity contribution in [3.8, 4) is 0 Å². The second-order valence-corrected chi connectivity index (χ2v) is 5.90. The minimum absolute atomic E-state index is 0. The van der Waals surface area contributed by atoms with E-state index in [9.17, 15) is 4.79 Å². The molecule has 5 heteroatoms. The molecular weight excluding hydrogens is 252 g/mol. The molecule has 1 aliphatic heterocycles. The van der Waals surface area contributed by atoms with Gasteiger partial charge < -0.3 is 15.8 Å². The van der Waals surface area contributed by atoms with Crippen molar-refractivity contribution in [2.45, 2.75) is 65.2 Å². The van der Waals surface area contributed by atoms with Gasteiger partial charge in [-0.15, -0.1) is 12.4 Å². The molecule has 0 aromatic rings. The highest BCUT2D eigenvalue weighted by atomic mass is 35.5. The molecule has 1 fully saturated rings. The third kappa shape index (κ3) is 4.75. The zero-order valence-electron chi connectivity index (χ0n) is 11.9. The number of rotatable bonds is 4. The van der Waals surface area contributed by atoms with E-state index in [4.69, 9.17) is 10.5 Å². The number of amides is 1. The lowest BCUT2D eigenvalue weighted by molar-refractivity contribution is -0.133. The molecule has 1 amide bonds. The van der Waals surface area contributed by atoms with Crippen LogP contribution < -0.4 is 11.1 Å². The maximum Gasteiger partial charge on any atom is 0.249 e. The van der Waals surface area contributed by atoms with Gasteiger partial charge in [0.25, 0.3) is 0 Å². The maximum absolute atomic E-state index is 12.0. The van der Waals surface area contributed by atoms with E-state index < -0.39 is 0 Å². The molecule has 108 valence electrons. The fourth-order valence-electron chi connectivity index (χ4n) is 2.27.